The lowest BCUT2D eigenvalue weighted by Gasteiger charge is -2.49. The van der Waals surface area contributed by atoms with E-state index < -0.39 is 11.4 Å². The fourth-order valence-corrected chi connectivity index (χ4v) is 5.15. The van der Waals surface area contributed by atoms with Gasteiger partial charge in [-0.3, -0.25) is 4.99 Å². The number of aliphatic imine (C=N–C) groups is 1. The molecule has 0 aromatic heterocycles. The summed E-state index contributed by atoms with van der Waals surface area (Å²) in [6.07, 6.45) is 21.1. The molecule has 2 aliphatic rings. The van der Waals surface area contributed by atoms with Crippen LogP contribution in [0.1, 0.15) is 110 Å². The average Bonchev–Trinajstić information content (AvgIpc) is 2.80. The third-order valence-corrected chi connectivity index (χ3v) is 7.63. The van der Waals surface area contributed by atoms with Crippen LogP contribution in [0.2, 0.25) is 0 Å². The molecule has 34 heavy (non-hydrogen) atoms. The molecule has 1 fully saturated rings. The first kappa shape index (κ1) is 28.8. The summed E-state index contributed by atoms with van der Waals surface area (Å²) in [4.78, 5) is 16.7. The third kappa shape index (κ3) is 8.37. The lowest BCUT2D eigenvalue weighted by molar-refractivity contribution is -0.145. The molecule has 0 aromatic rings. The Morgan fingerprint density at radius 1 is 1.03 bits per heavy atom. The standard InChI is InChI=1S/C28H50N2O4/c1-4-5-6-7-8-9-10-11-12-13-14-15-16-17-19-33-22-28(25-18-20-34-25)23(2)30-21-24(26(28)29)27(31)32-3/h21,23,25H,4-20,22,29H2,1-3H3. The summed E-state index contributed by atoms with van der Waals surface area (Å²) in [5.41, 5.74) is 6.75. The van der Waals surface area contributed by atoms with Crippen molar-refractivity contribution in [3.63, 3.8) is 0 Å². The molecule has 2 heterocycles. The van der Waals surface area contributed by atoms with E-state index in [-0.39, 0.29) is 12.1 Å². The molecule has 0 saturated carbocycles. The zero-order valence-corrected chi connectivity index (χ0v) is 22.1. The maximum Gasteiger partial charge on any atom is 0.341 e. The monoisotopic (exact) mass is 478 g/mol. The minimum absolute atomic E-state index is 0.0732. The fourth-order valence-electron chi connectivity index (χ4n) is 5.15. The number of hydrogen-bond donors (Lipinski definition) is 1. The molecular weight excluding hydrogens is 428 g/mol. The van der Waals surface area contributed by atoms with E-state index in [4.69, 9.17) is 19.9 Å². The fraction of sp³-hybridized carbons (Fsp3) is 0.857. The Morgan fingerprint density at radius 2 is 1.56 bits per heavy atom. The van der Waals surface area contributed by atoms with E-state index in [1.807, 2.05) is 6.92 Å². The molecule has 0 aromatic carbocycles. The molecule has 2 rings (SSSR count). The van der Waals surface area contributed by atoms with Crippen molar-refractivity contribution in [3.8, 4) is 0 Å². The van der Waals surface area contributed by atoms with Crippen LogP contribution in [0.25, 0.3) is 0 Å². The van der Waals surface area contributed by atoms with Crippen molar-refractivity contribution in [1.29, 1.82) is 0 Å². The number of carbonyl (C=O) groups is 1. The summed E-state index contributed by atoms with van der Waals surface area (Å²) in [5, 5.41) is 0. The van der Waals surface area contributed by atoms with E-state index >= 15 is 0 Å². The van der Waals surface area contributed by atoms with Crippen LogP contribution in [0, 0.1) is 5.41 Å². The molecule has 2 N–H and O–H groups in total. The van der Waals surface area contributed by atoms with E-state index in [1.165, 1.54) is 96.8 Å². The number of dihydropyridines is 1. The second-order valence-electron chi connectivity index (χ2n) is 10.1. The topological polar surface area (TPSA) is 83.1 Å². The number of carbonyl (C=O) groups excluding carboxylic acids is 1. The van der Waals surface area contributed by atoms with E-state index in [0.29, 0.717) is 31.1 Å². The molecule has 0 aliphatic carbocycles. The van der Waals surface area contributed by atoms with Crippen molar-refractivity contribution in [2.24, 2.45) is 16.1 Å². The molecule has 1 saturated heterocycles. The van der Waals surface area contributed by atoms with Crippen LogP contribution in [0.5, 0.6) is 0 Å². The zero-order chi connectivity index (χ0) is 24.7. The molecule has 3 unspecified atom stereocenters. The molecule has 0 radical (unpaired) electrons. The number of nitrogens with zero attached hydrogens (tertiary/aromatic N) is 1. The Labute approximate surface area is 208 Å². The highest BCUT2D eigenvalue weighted by Crippen LogP contribution is 2.44. The van der Waals surface area contributed by atoms with Crippen LogP contribution in [-0.4, -0.2) is 51.3 Å². The predicted molar refractivity (Wildman–Crippen MR) is 139 cm³/mol. The van der Waals surface area contributed by atoms with Gasteiger partial charge in [0, 0.05) is 25.1 Å². The van der Waals surface area contributed by atoms with Gasteiger partial charge in [0.25, 0.3) is 0 Å². The van der Waals surface area contributed by atoms with Crippen molar-refractivity contribution in [1.82, 2.24) is 0 Å². The second-order valence-corrected chi connectivity index (χ2v) is 10.1. The maximum atomic E-state index is 12.2. The molecule has 6 heteroatoms. The van der Waals surface area contributed by atoms with E-state index in [1.54, 1.807) is 0 Å². The van der Waals surface area contributed by atoms with Gasteiger partial charge < -0.3 is 19.9 Å². The van der Waals surface area contributed by atoms with Crippen molar-refractivity contribution in [3.05, 3.63) is 11.3 Å². The summed E-state index contributed by atoms with van der Waals surface area (Å²) < 4.78 is 16.9. The van der Waals surface area contributed by atoms with Gasteiger partial charge in [0.2, 0.25) is 0 Å². The smallest absolute Gasteiger partial charge is 0.341 e. The molecular formula is C28H50N2O4. The number of ether oxygens (including phenoxy) is 3. The first-order valence-electron chi connectivity index (χ1n) is 13.9. The third-order valence-electron chi connectivity index (χ3n) is 7.63. The van der Waals surface area contributed by atoms with Crippen molar-refractivity contribution in [2.75, 3.05) is 26.9 Å². The Kier molecular flexibility index (Phi) is 13.8. The Balaban J connectivity index is 1.60. The minimum atomic E-state index is -0.605. The highest BCUT2D eigenvalue weighted by molar-refractivity contribution is 6.10. The summed E-state index contributed by atoms with van der Waals surface area (Å²) in [5.74, 6) is -0.455. The highest BCUT2D eigenvalue weighted by atomic mass is 16.5. The molecule has 3 atom stereocenters. The highest BCUT2D eigenvalue weighted by Gasteiger charge is 2.52. The van der Waals surface area contributed by atoms with Crippen LogP contribution in [0.15, 0.2) is 16.3 Å². The van der Waals surface area contributed by atoms with Crippen LogP contribution in [-0.2, 0) is 19.0 Å². The molecule has 2 aliphatic heterocycles. The lowest BCUT2D eigenvalue weighted by Crippen LogP contribution is -2.57. The minimum Gasteiger partial charge on any atom is -0.465 e. The van der Waals surface area contributed by atoms with Gasteiger partial charge in [-0.1, -0.05) is 90.4 Å². The first-order valence-corrected chi connectivity index (χ1v) is 13.9. The van der Waals surface area contributed by atoms with Gasteiger partial charge >= 0.3 is 5.97 Å². The Bertz CT molecular complexity index is 644. The first-order chi connectivity index (χ1) is 16.6. The van der Waals surface area contributed by atoms with Gasteiger partial charge in [0.1, 0.15) is 0 Å². The van der Waals surface area contributed by atoms with Gasteiger partial charge in [-0.2, -0.15) is 0 Å². The number of unbranched alkanes of at least 4 members (excludes halogenated alkanes) is 13. The van der Waals surface area contributed by atoms with Gasteiger partial charge in [0.05, 0.1) is 36.9 Å². The summed E-state index contributed by atoms with van der Waals surface area (Å²) in [6.45, 7) is 6.13. The summed E-state index contributed by atoms with van der Waals surface area (Å²) in [6, 6.07) is -0.109. The van der Waals surface area contributed by atoms with Gasteiger partial charge in [0.15, 0.2) is 0 Å². The number of methoxy groups -OCH3 is 1. The Morgan fingerprint density at radius 3 is 2.03 bits per heavy atom. The van der Waals surface area contributed by atoms with Crippen molar-refractivity contribution >= 4 is 12.2 Å². The van der Waals surface area contributed by atoms with Crippen molar-refractivity contribution in [2.45, 2.75) is 122 Å². The van der Waals surface area contributed by atoms with Gasteiger partial charge in [-0.15, -0.1) is 0 Å². The summed E-state index contributed by atoms with van der Waals surface area (Å²) >= 11 is 0. The molecule has 0 amide bonds. The number of rotatable bonds is 19. The van der Waals surface area contributed by atoms with Crippen LogP contribution in [0.3, 0.4) is 0 Å². The predicted octanol–water partition coefficient (Wildman–Crippen LogP) is 6.12. The Hall–Kier alpha value is -1.40. The molecule has 6 nitrogen and oxygen atoms in total. The van der Waals surface area contributed by atoms with Crippen LogP contribution >= 0.6 is 0 Å². The van der Waals surface area contributed by atoms with Gasteiger partial charge in [-0.25, -0.2) is 4.79 Å². The van der Waals surface area contributed by atoms with Crippen LogP contribution < -0.4 is 5.73 Å². The largest absolute Gasteiger partial charge is 0.465 e. The lowest BCUT2D eigenvalue weighted by atomic mass is 9.69. The number of esters is 1. The summed E-state index contributed by atoms with van der Waals surface area (Å²) in [7, 11) is 1.36. The molecule has 196 valence electrons. The quantitative estimate of drug-likeness (QED) is 0.179. The zero-order valence-electron chi connectivity index (χ0n) is 22.1. The SMILES string of the molecule is CCCCCCCCCCCCCCCCOCC1(C2CCO2)C(N)=C(C(=O)OC)C=NC1C. The van der Waals surface area contributed by atoms with E-state index in [0.717, 1.165) is 12.8 Å². The molecule has 0 bridgehead atoms. The normalized spacial score (nSPS) is 24.3. The van der Waals surface area contributed by atoms with Crippen LogP contribution in [0.4, 0.5) is 0 Å². The van der Waals surface area contributed by atoms with Gasteiger partial charge in [-0.05, 0) is 19.8 Å². The maximum absolute atomic E-state index is 12.2. The average molecular weight is 479 g/mol. The number of hydrogen-bond acceptors (Lipinski definition) is 6. The van der Waals surface area contributed by atoms with E-state index in [2.05, 4.69) is 11.9 Å². The van der Waals surface area contributed by atoms with E-state index in [9.17, 15) is 4.79 Å². The number of nitrogens with two attached hydrogens (primary N) is 1. The molecule has 0 spiro atoms. The van der Waals surface area contributed by atoms with Crippen molar-refractivity contribution < 1.29 is 19.0 Å². The second kappa shape index (κ2) is 16.3.